The third-order valence-electron chi connectivity index (χ3n) is 4.19. The third-order valence-corrected chi connectivity index (χ3v) is 4.78. The zero-order valence-electron chi connectivity index (χ0n) is 11.8. The molecule has 1 aliphatic heterocycles. The quantitative estimate of drug-likeness (QED) is 0.886. The van der Waals surface area contributed by atoms with Gasteiger partial charge in [-0.2, -0.15) is 0 Å². The molecule has 0 radical (unpaired) electrons. The van der Waals surface area contributed by atoms with Crippen molar-refractivity contribution in [3.8, 4) is 11.5 Å². The molecule has 1 aliphatic carbocycles. The van der Waals surface area contributed by atoms with Crippen molar-refractivity contribution >= 4 is 15.9 Å². The molecule has 0 amide bonds. The van der Waals surface area contributed by atoms with Crippen LogP contribution in [0.25, 0.3) is 0 Å². The molecular weight excluding hydrogens is 318 g/mol. The van der Waals surface area contributed by atoms with Crippen molar-refractivity contribution in [2.75, 3.05) is 6.79 Å². The molecule has 1 fully saturated rings. The van der Waals surface area contributed by atoms with Crippen molar-refractivity contribution < 1.29 is 9.47 Å². The summed E-state index contributed by atoms with van der Waals surface area (Å²) in [5.41, 5.74) is 1.25. The summed E-state index contributed by atoms with van der Waals surface area (Å²) in [5.74, 6) is 1.69. The van der Waals surface area contributed by atoms with Gasteiger partial charge in [0.1, 0.15) is 0 Å². The summed E-state index contributed by atoms with van der Waals surface area (Å²) in [4.78, 5) is 0. The van der Waals surface area contributed by atoms with E-state index in [0.29, 0.717) is 12.8 Å². The number of benzene rings is 1. The predicted octanol–water partition coefficient (Wildman–Crippen LogP) is 4.38. The molecule has 1 aromatic rings. The number of hydrogen-bond acceptors (Lipinski definition) is 3. The van der Waals surface area contributed by atoms with E-state index in [0.717, 1.165) is 22.5 Å². The molecule has 3 rings (SSSR count). The second-order valence-electron chi connectivity index (χ2n) is 5.73. The molecule has 1 aromatic carbocycles. The molecule has 3 nitrogen and oxygen atoms in total. The summed E-state index contributed by atoms with van der Waals surface area (Å²) in [7, 11) is 0. The van der Waals surface area contributed by atoms with E-state index < -0.39 is 0 Å². The van der Waals surface area contributed by atoms with Gasteiger partial charge in [0, 0.05) is 12.6 Å². The number of hydrogen-bond donors (Lipinski definition) is 1. The Morgan fingerprint density at radius 1 is 1.05 bits per heavy atom. The van der Waals surface area contributed by atoms with Crippen LogP contribution >= 0.6 is 15.9 Å². The molecule has 0 saturated heterocycles. The van der Waals surface area contributed by atoms with Crippen LogP contribution in [-0.4, -0.2) is 12.8 Å². The average molecular weight is 340 g/mol. The van der Waals surface area contributed by atoms with Gasteiger partial charge < -0.3 is 14.8 Å². The van der Waals surface area contributed by atoms with Crippen LogP contribution < -0.4 is 14.8 Å². The molecule has 0 unspecified atom stereocenters. The van der Waals surface area contributed by atoms with Crippen LogP contribution in [0, 0.1) is 0 Å². The topological polar surface area (TPSA) is 30.5 Å². The lowest BCUT2D eigenvalue weighted by Crippen LogP contribution is -2.29. The Morgan fingerprint density at radius 3 is 2.60 bits per heavy atom. The second-order valence-corrected chi connectivity index (χ2v) is 6.59. The van der Waals surface area contributed by atoms with Crippen molar-refractivity contribution in [3.63, 3.8) is 0 Å². The smallest absolute Gasteiger partial charge is 0.231 e. The molecule has 20 heavy (non-hydrogen) atoms. The van der Waals surface area contributed by atoms with Crippen molar-refractivity contribution in [3.05, 3.63) is 22.2 Å². The molecule has 110 valence electrons. The number of halogens is 1. The maximum Gasteiger partial charge on any atom is 0.231 e. The summed E-state index contributed by atoms with van der Waals surface area (Å²) in [6, 6.07) is 4.88. The number of ether oxygens (including phenoxy) is 2. The van der Waals surface area contributed by atoms with E-state index in [-0.39, 0.29) is 0 Å². The Kier molecular flexibility index (Phi) is 4.84. The van der Waals surface area contributed by atoms with Crippen molar-refractivity contribution in [2.45, 2.75) is 57.5 Å². The fraction of sp³-hybridized carbons (Fsp3) is 0.625. The Morgan fingerprint density at radius 2 is 1.80 bits per heavy atom. The summed E-state index contributed by atoms with van der Waals surface area (Å²) < 4.78 is 11.9. The van der Waals surface area contributed by atoms with E-state index in [1.54, 1.807) is 0 Å². The minimum absolute atomic E-state index is 0.327. The molecule has 0 atom stereocenters. The van der Waals surface area contributed by atoms with E-state index in [2.05, 4.69) is 33.4 Å². The van der Waals surface area contributed by atoms with Gasteiger partial charge in [-0.15, -0.1) is 0 Å². The van der Waals surface area contributed by atoms with Gasteiger partial charge in [-0.3, -0.25) is 0 Å². The Labute approximate surface area is 129 Å². The maximum atomic E-state index is 5.47. The highest BCUT2D eigenvalue weighted by Gasteiger charge is 2.18. The molecule has 1 saturated carbocycles. The summed E-state index contributed by atoms with van der Waals surface area (Å²) in [6.45, 7) is 1.23. The monoisotopic (exact) mass is 339 g/mol. The van der Waals surface area contributed by atoms with Gasteiger partial charge in [-0.25, -0.2) is 0 Å². The zero-order chi connectivity index (χ0) is 13.8. The van der Waals surface area contributed by atoms with Gasteiger partial charge in [0.25, 0.3) is 0 Å². The molecule has 1 N–H and O–H groups in total. The largest absolute Gasteiger partial charge is 0.454 e. The molecule has 0 aromatic heterocycles. The van der Waals surface area contributed by atoms with E-state index >= 15 is 0 Å². The second kappa shape index (κ2) is 6.81. The van der Waals surface area contributed by atoms with Crippen molar-refractivity contribution in [1.82, 2.24) is 5.32 Å². The highest BCUT2D eigenvalue weighted by molar-refractivity contribution is 9.10. The SMILES string of the molecule is Brc1cc(CNC2CCCCCCC2)cc2c1OCO2. The van der Waals surface area contributed by atoms with Crippen LogP contribution in [0.2, 0.25) is 0 Å². The first kappa shape index (κ1) is 14.2. The minimum atomic E-state index is 0.327. The van der Waals surface area contributed by atoms with Crippen LogP contribution in [0.5, 0.6) is 11.5 Å². The average Bonchev–Trinajstić information content (AvgIpc) is 2.86. The molecule has 4 heteroatoms. The minimum Gasteiger partial charge on any atom is -0.454 e. The summed E-state index contributed by atoms with van der Waals surface area (Å²) >= 11 is 3.55. The van der Waals surface area contributed by atoms with E-state index in [9.17, 15) is 0 Å². The zero-order valence-corrected chi connectivity index (χ0v) is 13.4. The maximum absolute atomic E-state index is 5.47. The van der Waals surface area contributed by atoms with Crippen molar-refractivity contribution in [1.29, 1.82) is 0 Å². The van der Waals surface area contributed by atoms with Crippen molar-refractivity contribution in [2.24, 2.45) is 0 Å². The van der Waals surface area contributed by atoms with Gasteiger partial charge in [-0.1, -0.05) is 32.1 Å². The molecule has 0 bridgehead atoms. The summed E-state index contributed by atoms with van der Waals surface area (Å²) in [5, 5.41) is 3.71. The lowest BCUT2D eigenvalue weighted by molar-refractivity contribution is 0.173. The predicted molar refractivity (Wildman–Crippen MR) is 83.2 cm³/mol. The number of nitrogens with one attached hydrogen (secondary N) is 1. The lowest BCUT2D eigenvalue weighted by atomic mass is 9.96. The van der Waals surface area contributed by atoms with Crippen LogP contribution in [0.1, 0.15) is 50.5 Å². The lowest BCUT2D eigenvalue weighted by Gasteiger charge is -2.21. The molecule has 0 spiro atoms. The number of fused-ring (bicyclic) bond motifs is 1. The van der Waals surface area contributed by atoms with Crippen LogP contribution in [0.3, 0.4) is 0 Å². The number of rotatable bonds is 3. The highest BCUT2D eigenvalue weighted by Crippen LogP contribution is 2.40. The fourth-order valence-corrected chi connectivity index (χ4v) is 3.65. The first-order chi connectivity index (χ1) is 9.83. The first-order valence-electron chi connectivity index (χ1n) is 7.64. The van der Waals surface area contributed by atoms with Gasteiger partial charge in [-0.05, 0) is 46.5 Å². The molecular formula is C16H22BrNO2. The van der Waals surface area contributed by atoms with Gasteiger partial charge in [0.2, 0.25) is 6.79 Å². The van der Waals surface area contributed by atoms with E-state index in [1.807, 2.05) is 0 Å². The normalized spacial score (nSPS) is 19.6. The van der Waals surface area contributed by atoms with Gasteiger partial charge >= 0.3 is 0 Å². The molecule has 1 heterocycles. The Balaban J connectivity index is 1.59. The molecule has 2 aliphatic rings. The van der Waals surface area contributed by atoms with Crippen LogP contribution in [0.4, 0.5) is 0 Å². The highest BCUT2D eigenvalue weighted by atomic mass is 79.9. The van der Waals surface area contributed by atoms with Gasteiger partial charge in [0.05, 0.1) is 4.47 Å². The first-order valence-corrected chi connectivity index (χ1v) is 8.43. The third kappa shape index (κ3) is 3.47. The Bertz CT molecular complexity index is 456. The van der Waals surface area contributed by atoms with Gasteiger partial charge in [0.15, 0.2) is 11.5 Å². The fourth-order valence-electron chi connectivity index (χ4n) is 3.05. The standard InChI is InChI=1S/C16H22BrNO2/c17-14-8-12(9-15-16(14)20-11-19-15)10-18-13-6-4-2-1-3-5-7-13/h8-9,13,18H,1-7,10-11H2. The summed E-state index contributed by atoms with van der Waals surface area (Å²) in [6.07, 6.45) is 9.56. The van der Waals surface area contributed by atoms with E-state index in [4.69, 9.17) is 9.47 Å². The Hall–Kier alpha value is -0.740. The van der Waals surface area contributed by atoms with Crippen LogP contribution in [-0.2, 0) is 6.54 Å². The van der Waals surface area contributed by atoms with Crippen LogP contribution in [0.15, 0.2) is 16.6 Å². The van der Waals surface area contributed by atoms with E-state index in [1.165, 1.54) is 50.5 Å².